The van der Waals surface area contributed by atoms with Gasteiger partial charge >= 0.3 is 6.03 Å². The maximum Gasteiger partial charge on any atom is 0.322 e. The van der Waals surface area contributed by atoms with E-state index in [9.17, 15) is 4.79 Å². The average molecular weight is 428 g/mol. The maximum atomic E-state index is 12.2. The summed E-state index contributed by atoms with van der Waals surface area (Å²) in [5.41, 5.74) is 1.81. The molecule has 0 aliphatic heterocycles. The molecule has 2 N–H and O–H groups in total. The van der Waals surface area contributed by atoms with Crippen molar-refractivity contribution in [1.29, 1.82) is 0 Å². The van der Waals surface area contributed by atoms with Gasteiger partial charge in [-0.15, -0.1) is 0 Å². The molecule has 2 amide bonds. The first-order valence-electron chi connectivity index (χ1n) is 9.87. The van der Waals surface area contributed by atoms with E-state index in [1.807, 2.05) is 42.0 Å². The first-order chi connectivity index (χ1) is 14.5. The Morgan fingerprint density at radius 2 is 2.00 bits per heavy atom. The van der Waals surface area contributed by atoms with Crippen LogP contribution in [0.5, 0.6) is 0 Å². The van der Waals surface area contributed by atoms with E-state index in [0.29, 0.717) is 23.3 Å². The van der Waals surface area contributed by atoms with Crippen molar-refractivity contribution in [2.24, 2.45) is 0 Å². The Morgan fingerprint density at radius 3 is 2.73 bits per heavy atom. The summed E-state index contributed by atoms with van der Waals surface area (Å²) in [5.74, 6) is 0.859. The Kier molecular flexibility index (Phi) is 7.24. The van der Waals surface area contributed by atoms with Crippen LogP contribution in [-0.2, 0) is 0 Å². The molecule has 8 nitrogen and oxygen atoms in total. The fraction of sp³-hybridized carbons (Fsp3) is 0.333. The van der Waals surface area contributed by atoms with Gasteiger partial charge in [-0.05, 0) is 43.7 Å². The molecule has 1 aromatic carbocycles. The quantitative estimate of drug-likeness (QED) is 0.541. The Labute approximate surface area is 181 Å². The molecule has 2 aromatic heterocycles. The number of urea groups is 1. The van der Waals surface area contributed by atoms with Gasteiger partial charge in [0.2, 0.25) is 5.95 Å². The van der Waals surface area contributed by atoms with Crippen molar-refractivity contribution in [2.45, 2.75) is 32.7 Å². The third kappa shape index (κ3) is 5.70. The number of carbonyl (C=O) groups excluding carboxylic acids is 1. The standard InChI is InChI=1S/C21H26ClN7O/c1-4-5-12-28(3)21(30)27-19-10-11-23-20(26-19)25-15(2)18-13-29(14-24-18)17-8-6-16(22)7-9-17/h6-11,13-15H,4-5,12H2,1-3H3,(H2,23,25,26,27,30). The van der Waals surface area contributed by atoms with Crippen molar-refractivity contribution < 1.29 is 4.79 Å². The summed E-state index contributed by atoms with van der Waals surface area (Å²) in [6, 6.07) is 8.88. The van der Waals surface area contributed by atoms with Crippen LogP contribution in [0, 0.1) is 0 Å². The highest BCUT2D eigenvalue weighted by atomic mass is 35.5. The minimum Gasteiger partial charge on any atom is -0.346 e. The summed E-state index contributed by atoms with van der Waals surface area (Å²) in [6.45, 7) is 4.77. The monoisotopic (exact) mass is 427 g/mol. The molecular weight excluding hydrogens is 402 g/mol. The lowest BCUT2D eigenvalue weighted by Crippen LogP contribution is -2.32. The Morgan fingerprint density at radius 1 is 1.23 bits per heavy atom. The second-order valence-electron chi connectivity index (χ2n) is 7.02. The molecule has 0 aliphatic rings. The van der Waals surface area contributed by atoms with Gasteiger partial charge in [-0.3, -0.25) is 5.32 Å². The zero-order chi connectivity index (χ0) is 21.5. The van der Waals surface area contributed by atoms with Crippen molar-refractivity contribution in [3.8, 4) is 5.69 Å². The number of nitrogens with zero attached hydrogens (tertiary/aromatic N) is 5. The number of aromatic nitrogens is 4. The van der Waals surface area contributed by atoms with Crippen LogP contribution in [0.4, 0.5) is 16.6 Å². The lowest BCUT2D eigenvalue weighted by molar-refractivity contribution is 0.222. The molecule has 0 radical (unpaired) electrons. The molecule has 1 atom stereocenters. The van der Waals surface area contributed by atoms with E-state index in [-0.39, 0.29) is 12.1 Å². The van der Waals surface area contributed by atoms with Crippen LogP contribution in [0.1, 0.15) is 38.4 Å². The molecule has 0 saturated carbocycles. The van der Waals surface area contributed by atoms with Crippen molar-refractivity contribution in [3.05, 3.63) is 59.8 Å². The summed E-state index contributed by atoms with van der Waals surface area (Å²) in [7, 11) is 1.77. The van der Waals surface area contributed by atoms with Crippen molar-refractivity contribution >= 4 is 29.4 Å². The lowest BCUT2D eigenvalue weighted by atomic mass is 10.2. The molecule has 0 saturated heterocycles. The number of halogens is 1. The van der Waals surface area contributed by atoms with Crippen molar-refractivity contribution in [1.82, 2.24) is 24.4 Å². The minimum atomic E-state index is -0.192. The van der Waals surface area contributed by atoms with E-state index in [4.69, 9.17) is 11.6 Å². The smallest absolute Gasteiger partial charge is 0.322 e. The van der Waals surface area contributed by atoms with Gasteiger partial charge in [0.1, 0.15) is 5.82 Å². The summed E-state index contributed by atoms with van der Waals surface area (Å²) in [4.78, 5) is 27.0. The fourth-order valence-corrected chi connectivity index (χ4v) is 2.91. The van der Waals surface area contributed by atoms with Gasteiger partial charge < -0.3 is 14.8 Å². The first kappa shape index (κ1) is 21.6. The third-order valence-corrected chi connectivity index (χ3v) is 4.85. The van der Waals surface area contributed by atoms with E-state index in [1.165, 1.54) is 0 Å². The number of benzene rings is 1. The maximum absolute atomic E-state index is 12.2. The van der Waals surface area contributed by atoms with Gasteiger partial charge in [-0.25, -0.2) is 14.8 Å². The number of unbranched alkanes of at least 4 members (excludes halogenated alkanes) is 1. The van der Waals surface area contributed by atoms with Crippen LogP contribution in [0.2, 0.25) is 5.02 Å². The van der Waals surface area contributed by atoms with Gasteiger partial charge in [0.25, 0.3) is 0 Å². The van der Waals surface area contributed by atoms with Crippen LogP contribution < -0.4 is 10.6 Å². The molecule has 3 aromatic rings. The Balaban J connectivity index is 1.63. The zero-order valence-electron chi connectivity index (χ0n) is 17.3. The Hall–Kier alpha value is -3.13. The molecule has 0 bridgehead atoms. The van der Waals surface area contributed by atoms with Crippen LogP contribution in [-0.4, -0.2) is 44.0 Å². The number of rotatable bonds is 8. The molecule has 0 spiro atoms. The molecule has 0 aliphatic carbocycles. The summed E-state index contributed by atoms with van der Waals surface area (Å²) in [6.07, 6.45) is 7.29. The number of hydrogen-bond acceptors (Lipinski definition) is 5. The lowest BCUT2D eigenvalue weighted by Gasteiger charge is -2.17. The molecule has 30 heavy (non-hydrogen) atoms. The molecular formula is C21H26ClN7O. The van der Waals surface area contributed by atoms with Gasteiger partial charge in [0.05, 0.1) is 18.1 Å². The van der Waals surface area contributed by atoms with Crippen molar-refractivity contribution in [3.63, 3.8) is 0 Å². The number of nitrogens with one attached hydrogen (secondary N) is 2. The second-order valence-corrected chi connectivity index (χ2v) is 7.46. The highest BCUT2D eigenvalue weighted by Crippen LogP contribution is 2.19. The molecule has 3 rings (SSSR count). The van der Waals surface area contributed by atoms with E-state index in [2.05, 4.69) is 32.5 Å². The summed E-state index contributed by atoms with van der Waals surface area (Å²) in [5, 5.41) is 6.71. The number of hydrogen-bond donors (Lipinski definition) is 2. The van der Waals surface area contributed by atoms with Crippen LogP contribution in [0.25, 0.3) is 5.69 Å². The van der Waals surface area contributed by atoms with Gasteiger partial charge in [-0.2, -0.15) is 4.98 Å². The number of imidazole rings is 1. The number of amides is 2. The third-order valence-electron chi connectivity index (χ3n) is 4.60. The topological polar surface area (TPSA) is 88.0 Å². The van der Waals surface area contributed by atoms with E-state index < -0.39 is 0 Å². The summed E-state index contributed by atoms with van der Waals surface area (Å²) >= 11 is 5.95. The highest BCUT2D eigenvalue weighted by Gasteiger charge is 2.13. The van der Waals surface area contributed by atoms with Crippen LogP contribution >= 0.6 is 11.6 Å². The number of carbonyl (C=O) groups is 1. The van der Waals surface area contributed by atoms with E-state index >= 15 is 0 Å². The number of anilines is 2. The zero-order valence-corrected chi connectivity index (χ0v) is 18.1. The van der Waals surface area contributed by atoms with Crippen molar-refractivity contribution in [2.75, 3.05) is 24.2 Å². The predicted octanol–water partition coefficient (Wildman–Crippen LogP) is 4.75. The van der Waals surface area contributed by atoms with Crippen LogP contribution in [0.15, 0.2) is 49.1 Å². The largest absolute Gasteiger partial charge is 0.346 e. The average Bonchev–Trinajstić information content (AvgIpc) is 3.23. The molecule has 1 unspecified atom stereocenters. The van der Waals surface area contributed by atoms with Gasteiger partial charge in [0.15, 0.2) is 0 Å². The van der Waals surface area contributed by atoms with E-state index in [0.717, 1.165) is 24.2 Å². The first-order valence-corrected chi connectivity index (χ1v) is 10.3. The normalized spacial score (nSPS) is 11.7. The molecule has 2 heterocycles. The molecule has 0 fully saturated rings. The molecule has 158 valence electrons. The highest BCUT2D eigenvalue weighted by molar-refractivity contribution is 6.30. The van der Waals surface area contributed by atoms with Gasteiger partial charge in [-0.1, -0.05) is 24.9 Å². The van der Waals surface area contributed by atoms with Gasteiger partial charge in [0, 0.05) is 36.7 Å². The Bertz CT molecular complexity index is 973. The minimum absolute atomic E-state index is 0.128. The molecule has 9 heteroatoms. The second kappa shape index (κ2) is 10.1. The van der Waals surface area contributed by atoms with E-state index in [1.54, 1.807) is 30.5 Å². The predicted molar refractivity (Wildman–Crippen MR) is 119 cm³/mol. The van der Waals surface area contributed by atoms with Crippen LogP contribution in [0.3, 0.4) is 0 Å². The fourth-order valence-electron chi connectivity index (χ4n) is 2.78. The summed E-state index contributed by atoms with van der Waals surface area (Å²) < 4.78 is 1.92. The SMILES string of the molecule is CCCCN(C)C(=O)Nc1ccnc(NC(C)c2cn(-c3ccc(Cl)cc3)cn2)n1.